The van der Waals surface area contributed by atoms with Crippen LogP contribution in [0.15, 0.2) is 6.07 Å². The van der Waals surface area contributed by atoms with Crippen molar-refractivity contribution >= 4 is 29.1 Å². The van der Waals surface area contributed by atoms with E-state index in [4.69, 9.17) is 27.9 Å². The Morgan fingerprint density at radius 1 is 1.53 bits per heavy atom. The van der Waals surface area contributed by atoms with Gasteiger partial charge in [0.1, 0.15) is 0 Å². The molecule has 1 aromatic rings. The summed E-state index contributed by atoms with van der Waals surface area (Å²) >= 11 is 11.6. The lowest BCUT2D eigenvalue weighted by atomic mass is 10.2. The molecule has 0 bridgehead atoms. The Morgan fingerprint density at radius 3 is 2.95 bits per heavy atom. The molecule has 0 aromatic carbocycles. The van der Waals surface area contributed by atoms with Crippen LogP contribution in [0.5, 0.6) is 0 Å². The molecule has 7 heteroatoms. The van der Waals surface area contributed by atoms with Crippen LogP contribution in [0.3, 0.4) is 0 Å². The lowest BCUT2D eigenvalue weighted by Crippen LogP contribution is -2.37. The van der Waals surface area contributed by atoms with Crippen molar-refractivity contribution in [2.45, 2.75) is 25.9 Å². The minimum atomic E-state index is -0.195. The molecule has 1 fully saturated rings. The van der Waals surface area contributed by atoms with E-state index in [1.807, 2.05) is 6.92 Å². The first-order valence-corrected chi connectivity index (χ1v) is 6.97. The minimum Gasteiger partial charge on any atom is -0.376 e. The zero-order valence-corrected chi connectivity index (χ0v) is 12.1. The fourth-order valence-corrected chi connectivity index (χ4v) is 2.38. The average molecular weight is 304 g/mol. The number of ether oxygens (including phenoxy) is 1. The molecule has 0 radical (unpaired) electrons. The zero-order chi connectivity index (χ0) is 13.8. The van der Waals surface area contributed by atoms with E-state index in [9.17, 15) is 4.79 Å². The van der Waals surface area contributed by atoms with Gasteiger partial charge in [-0.3, -0.25) is 4.79 Å². The van der Waals surface area contributed by atoms with Gasteiger partial charge in [-0.05, 0) is 25.8 Å². The molecule has 1 amide bonds. The second-order valence-corrected chi connectivity index (χ2v) is 5.10. The van der Waals surface area contributed by atoms with Crippen LogP contribution in [-0.4, -0.2) is 46.8 Å². The summed E-state index contributed by atoms with van der Waals surface area (Å²) in [5.74, 6) is -0.195. The molecular weight excluding hydrogens is 289 g/mol. The summed E-state index contributed by atoms with van der Waals surface area (Å²) in [4.78, 5) is 14.1. The predicted octanol–water partition coefficient (Wildman–Crippen LogP) is 2.42. The van der Waals surface area contributed by atoms with E-state index in [1.165, 1.54) is 6.07 Å². The van der Waals surface area contributed by atoms with E-state index in [1.54, 1.807) is 4.90 Å². The van der Waals surface area contributed by atoms with Crippen molar-refractivity contribution < 1.29 is 9.53 Å². The number of likely N-dealkylation sites (N-methyl/N-ethyl adjacent to an activating group) is 1. The zero-order valence-electron chi connectivity index (χ0n) is 10.6. The molecule has 5 nitrogen and oxygen atoms in total. The van der Waals surface area contributed by atoms with Crippen LogP contribution < -0.4 is 0 Å². The summed E-state index contributed by atoms with van der Waals surface area (Å²) in [5, 5.41) is 7.47. The highest BCUT2D eigenvalue weighted by atomic mass is 35.5. The molecule has 104 valence electrons. The van der Waals surface area contributed by atoms with Gasteiger partial charge < -0.3 is 9.64 Å². The Balaban J connectivity index is 2.12. The molecule has 1 aliphatic rings. The molecule has 0 N–H and O–H groups in total. The number of hydrogen-bond donors (Lipinski definition) is 0. The summed E-state index contributed by atoms with van der Waals surface area (Å²) in [7, 11) is 0. The lowest BCUT2D eigenvalue weighted by molar-refractivity contribution is 0.0539. The standard InChI is InChI=1S/C12H15Cl2N3O2/c1-2-17(7-8-4-3-5-19-8)12(18)9-6-10(13)15-16-11(9)14/h6,8H,2-5,7H2,1H3. The fraction of sp³-hybridized carbons (Fsp3) is 0.583. The molecule has 1 aromatic heterocycles. The van der Waals surface area contributed by atoms with Gasteiger partial charge in [-0.1, -0.05) is 23.2 Å². The molecule has 0 aliphatic carbocycles. The van der Waals surface area contributed by atoms with Gasteiger partial charge in [0.05, 0.1) is 11.7 Å². The number of carbonyl (C=O) groups is 1. The number of aromatic nitrogens is 2. The molecule has 0 spiro atoms. The molecule has 1 atom stereocenters. The van der Waals surface area contributed by atoms with Gasteiger partial charge in [-0.15, -0.1) is 10.2 Å². The van der Waals surface area contributed by atoms with Crippen LogP contribution >= 0.6 is 23.2 Å². The molecule has 2 heterocycles. The average Bonchev–Trinajstić information content (AvgIpc) is 2.91. The number of rotatable bonds is 4. The maximum Gasteiger partial charge on any atom is 0.257 e. The highest BCUT2D eigenvalue weighted by molar-refractivity contribution is 6.34. The second kappa shape index (κ2) is 6.50. The third-order valence-corrected chi connectivity index (χ3v) is 3.53. The van der Waals surface area contributed by atoms with Crippen molar-refractivity contribution in [3.63, 3.8) is 0 Å². The van der Waals surface area contributed by atoms with Crippen molar-refractivity contribution in [3.05, 3.63) is 21.9 Å². The van der Waals surface area contributed by atoms with Gasteiger partial charge in [0.25, 0.3) is 5.91 Å². The Bertz CT molecular complexity index is 464. The van der Waals surface area contributed by atoms with Crippen molar-refractivity contribution in [1.29, 1.82) is 0 Å². The SMILES string of the molecule is CCN(CC1CCCO1)C(=O)c1cc(Cl)nnc1Cl. The Morgan fingerprint density at radius 2 is 2.32 bits per heavy atom. The van der Waals surface area contributed by atoms with Crippen molar-refractivity contribution in [1.82, 2.24) is 15.1 Å². The van der Waals surface area contributed by atoms with E-state index in [0.717, 1.165) is 19.4 Å². The van der Waals surface area contributed by atoms with Crippen LogP contribution in [0.25, 0.3) is 0 Å². The lowest BCUT2D eigenvalue weighted by Gasteiger charge is -2.24. The molecule has 2 rings (SSSR count). The highest BCUT2D eigenvalue weighted by Gasteiger charge is 2.24. The highest BCUT2D eigenvalue weighted by Crippen LogP contribution is 2.19. The number of hydrogen-bond acceptors (Lipinski definition) is 4. The molecule has 1 saturated heterocycles. The minimum absolute atomic E-state index is 0.0696. The van der Waals surface area contributed by atoms with Crippen LogP contribution in [0.2, 0.25) is 10.3 Å². The van der Waals surface area contributed by atoms with E-state index in [0.29, 0.717) is 13.1 Å². The van der Waals surface area contributed by atoms with Gasteiger partial charge in [0.15, 0.2) is 10.3 Å². The smallest absolute Gasteiger partial charge is 0.257 e. The van der Waals surface area contributed by atoms with Crippen molar-refractivity contribution in [3.8, 4) is 0 Å². The van der Waals surface area contributed by atoms with E-state index < -0.39 is 0 Å². The first-order valence-electron chi connectivity index (χ1n) is 6.21. The van der Waals surface area contributed by atoms with Gasteiger partial charge in [-0.25, -0.2) is 0 Å². The summed E-state index contributed by atoms with van der Waals surface area (Å²) in [6.07, 6.45) is 2.13. The molecular formula is C12H15Cl2N3O2. The van der Waals surface area contributed by atoms with E-state index >= 15 is 0 Å². The monoisotopic (exact) mass is 303 g/mol. The number of halogens is 2. The van der Waals surface area contributed by atoms with Crippen molar-refractivity contribution in [2.24, 2.45) is 0 Å². The second-order valence-electron chi connectivity index (χ2n) is 4.35. The van der Waals surface area contributed by atoms with Crippen LogP contribution in [-0.2, 0) is 4.74 Å². The summed E-state index contributed by atoms with van der Waals surface area (Å²) in [6, 6.07) is 1.44. The Labute approximate surface area is 121 Å². The molecule has 1 unspecified atom stereocenters. The van der Waals surface area contributed by atoms with Crippen LogP contribution in [0.4, 0.5) is 0 Å². The van der Waals surface area contributed by atoms with Gasteiger partial charge in [0.2, 0.25) is 0 Å². The maximum absolute atomic E-state index is 12.4. The topological polar surface area (TPSA) is 55.3 Å². The number of amides is 1. The quantitative estimate of drug-likeness (QED) is 0.857. The third-order valence-electron chi connectivity index (χ3n) is 3.07. The Kier molecular flexibility index (Phi) is 4.96. The maximum atomic E-state index is 12.4. The van der Waals surface area contributed by atoms with Crippen LogP contribution in [0.1, 0.15) is 30.1 Å². The van der Waals surface area contributed by atoms with Gasteiger partial charge in [0, 0.05) is 19.7 Å². The first kappa shape index (κ1) is 14.5. The number of carbonyl (C=O) groups excluding carboxylic acids is 1. The largest absolute Gasteiger partial charge is 0.376 e. The van der Waals surface area contributed by atoms with Crippen molar-refractivity contribution in [2.75, 3.05) is 19.7 Å². The third kappa shape index (κ3) is 3.55. The Hall–Kier alpha value is -0.910. The summed E-state index contributed by atoms with van der Waals surface area (Å²) in [6.45, 7) is 3.82. The van der Waals surface area contributed by atoms with Crippen LogP contribution in [0, 0.1) is 0 Å². The molecule has 19 heavy (non-hydrogen) atoms. The fourth-order valence-electron chi connectivity index (χ4n) is 2.06. The summed E-state index contributed by atoms with van der Waals surface area (Å²) in [5.41, 5.74) is 0.279. The van der Waals surface area contributed by atoms with Gasteiger partial charge >= 0.3 is 0 Å². The molecule has 1 aliphatic heterocycles. The normalized spacial score (nSPS) is 18.6. The first-order chi connectivity index (χ1) is 9.11. The predicted molar refractivity (Wildman–Crippen MR) is 72.6 cm³/mol. The van der Waals surface area contributed by atoms with Gasteiger partial charge in [-0.2, -0.15) is 0 Å². The molecule has 0 saturated carbocycles. The summed E-state index contributed by atoms with van der Waals surface area (Å²) < 4.78 is 5.54. The number of nitrogens with zero attached hydrogens (tertiary/aromatic N) is 3. The van der Waals surface area contributed by atoms with E-state index in [-0.39, 0.29) is 27.9 Å². The van der Waals surface area contributed by atoms with E-state index in [2.05, 4.69) is 10.2 Å².